The molecule has 3 rings (SSSR count). The van der Waals surface area contributed by atoms with Gasteiger partial charge in [0.15, 0.2) is 11.4 Å². The molecule has 0 saturated heterocycles. The Labute approximate surface area is 117 Å². The van der Waals surface area contributed by atoms with Crippen molar-refractivity contribution < 1.29 is 17.7 Å². The third-order valence-corrected chi connectivity index (χ3v) is 2.92. The standard InChI is InChI=1S/C14H10F3N3O/c15-14(16,17)8-5-9(18)7-10(6-8)19-13-11-3-1-2-4-12(11)21-20-13/h1-7H,18H2,(H,19,20). The smallest absolute Gasteiger partial charge is 0.399 e. The summed E-state index contributed by atoms with van der Waals surface area (Å²) in [5.41, 5.74) is 5.44. The fraction of sp³-hybridized carbons (Fsp3) is 0.0714. The normalized spacial score (nSPS) is 11.8. The highest BCUT2D eigenvalue weighted by atomic mass is 19.4. The van der Waals surface area contributed by atoms with Crippen molar-refractivity contribution in [2.24, 2.45) is 0 Å². The van der Waals surface area contributed by atoms with E-state index in [9.17, 15) is 13.2 Å². The first-order valence-electron chi connectivity index (χ1n) is 6.03. The lowest BCUT2D eigenvalue weighted by Crippen LogP contribution is -2.06. The third kappa shape index (κ3) is 2.62. The van der Waals surface area contributed by atoms with Crippen molar-refractivity contribution in [3.63, 3.8) is 0 Å². The van der Waals surface area contributed by atoms with Crippen LogP contribution >= 0.6 is 0 Å². The molecule has 0 saturated carbocycles. The number of nitrogens with zero attached hydrogens (tertiary/aromatic N) is 1. The topological polar surface area (TPSA) is 64.1 Å². The minimum atomic E-state index is -4.46. The maximum absolute atomic E-state index is 12.8. The molecule has 0 radical (unpaired) electrons. The number of nitrogens with two attached hydrogens (primary N) is 1. The average Bonchev–Trinajstić information content (AvgIpc) is 2.81. The van der Waals surface area contributed by atoms with Gasteiger partial charge in [0.05, 0.1) is 10.9 Å². The largest absolute Gasteiger partial charge is 0.416 e. The van der Waals surface area contributed by atoms with Crippen molar-refractivity contribution in [1.82, 2.24) is 5.16 Å². The Morgan fingerprint density at radius 3 is 2.62 bits per heavy atom. The monoisotopic (exact) mass is 293 g/mol. The van der Waals surface area contributed by atoms with Crippen molar-refractivity contribution >= 4 is 28.2 Å². The van der Waals surface area contributed by atoms with E-state index in [0.29, 0.717) is 16.8 Å². The number of benzene rings is 2. The number of fused-ring (bicyclic) bond motifs is 1. The first-order valence-corrected chi connectivity index (χ1v) is 6.03. The fourth-order valence-corrected chi connectivity index (χ4v) is 2.00. The van der Waals surface area contributed by atoms with Gasteiger partial charge in [0.2, 0.25) is 0 Å². The van der Waals surface area contributed by atoms with Crippen LogP contribution in [0.25, 0.3) is 11.0 Å². The van der Waals surface area contributed by atoms with E-state index in [0.717, 1.165) is 12.1 Å². The molecule has 0 bridgehead atoms. The molecular formula is C14H10F3N3O. The van der Waals surface area contributed by atoms with Crippen molar-refractivity contribution in [3.8, 4) is 0 Å². The number of rotatable bonds is 2. The van der Waals surface area contributed by atoms with Gasteiger partial charge in [-0.05, 0) is 30.3 Å². The molecule has 0 aliphatic carbocycles. The Morgan fingerprint density at radius 2 is 1.86 bits per heavy atom. The Kier molecular flexibility index (Phi) is 2.97. The number of nitrogens with one attached hydrogen (secondary N) is 1. The maximum Gasteiger partial charge on any atom is 0.416 e. The molecule has 4 nitrogen and oxygen atoms in total. The number of halogens is 3. The molecule has 0 atom stereocenters. The highest BCUT2D eigenvalue weighted by Crippen LogP contribution is 2.34. The number of alkyl halides is 3. The van der Waals surface area contributed by atoms with Crippen molar-refractivity contribution in [3.05, 3.63) is 48.0 Å². The molecule has 1 aromatic heterocycles. The summed E-state index contributed by atoms with van der Waals surface area (Å²) in [6, 6.07) is 10.3. The van der Waals surface area contributed by atoms with Gasteiger partial charge in [-0.15, -0.1) is 0 Å². The van der Waals surface area contributed by atoms with Gasteiger partial charge < -0.3 is 15.6 Å². The van der Waals surface area contributed by atoms with Gasteiger partial charge >= 0.3 is 6.18 Å². The van der Waals surface area contributed by atoms with Crippen LogP contribution in [0.1, 0.15) is 5.56 Å². The summed E-state index contributed by atoms with van der Waals surface area (Å²) in [5, 5.41) is 7.27. The highest BCUT2D eigenvalue weighted by molar-refractivity contribution is 5.90. The van der Waals surface area contributed by atoms with Gasteiger partial charge in [-0.3, -0.25) is 0 Å². The molecule has 108 valence electrons. The van der Waals surface area contributed by atoms with Gasteiger partial charge in [-0.1, -0.05) is 17.3 Å². The molecule has 3 aromatic rings. The number of hydrogen-bond donors (Lipinski definition) is 2. The molecule has 1 heterocycles. The summed E-state index contributed by atoms with van der Waals surface area (Å²) in [7, 11) is 0. The zero-order valence-corrected chi connectivity index (χ0v) is 10.6. The molecule has 0 unspecified atom stereocenters. The number of anilines is 3. The molecule has 3 N–H and O–H groups in total. The van der Waals surface area contributed by atoms with Crippen molar-refractivity contribution in [1.29, 1.82) is 0 Å². The molecular weight excluding hydrogens is 283 g/mol. The summed E-state index contributed by atoms with van der Waals surface area (Å²) < 4.78 is 43.4. The van der Waals surface area contributed by atoms with E-state index in [2.05, 4.69) is 10.5 Å². The van der Waals surface area contributed by atoms with Crippen LogP contribution in [0.15, 0.2) is 47.0 Å². The molecule has 0 aliphatic rings. The van der Waals surface area contributed by atoms with Gasteiger partial charge in [-0.25, -0.2) is 0 Å². The molecule has 21 heavy (non-hydrogen) atoms. The van der Waals surface area contributed by atoms with Crippen LogP contribution in [-0.2, 0) is 6.18 Å². The molecule has 7 heteroatoms. The lowest BCUT2D eigenvalue weighted by atomic mass is 10.1. The van der Waals surface area contributed by atoms with E-state index in [1.54, 1.807) is 24.3 Å². The van der Waals surface area contributed by atoms with E-state index >= 15 is 0 Å². The summed E-state index contributed by atoms with van der Waals surface area (Å²) in [6.45, 7) is 0. The predicted octanol–water partition coefficient (Wildman–Crippen LogP) is 4.17. The van der Waals surface area contributed by atoms with E-state index in [1.807, 2.05) is 0 Å². The summed E-state index contributed by atoms with van der Waals surface area (Å²) in [6.07, 6.45) is -4.46. The van der Waals surface area contributed by atoms with E-state index in [-0.39, 0.29) is 11.4 Å². The molecule has 2 aromatic carbocycles. The Hall–Kier alpha value is -2.70. The number of para-hydroxylation sites is 1. The van der Waals surface area contributed by atoms with Crippen LogP contribution in [-0.4, -0.2) is 5.16 Å². The van der Waals surface area contributed by atoms with E-state index in [1.165, 1.54) is 6.07 Å². The summed E-state index contributed by atoms with van der Waals surface area (Å²) in [4.78, 5) is 0. The predicted molar refractivity (Wildman–Crippen MR) is 73.1 cm³/mol. The minimum absolute atomic E-state index is 0.0140. The Balaban J connectivity index is 2.00. The highest BCUT2D eigenvalue weighted by Gasteiger charge is 2.31. The Morgan fingerprint density at radius 1 is 1.10 bits per heavy atom. The van der Waals surface area contributed by atoms with Gasteiger partial charge in [0.1, 0.15) is 0 Å². The SMILES string of the molecule is Nc1cc(Nc2noc3ccccc23)cc(C(F)(F)F)c1. The van der Waals surface area contributed by atoms with Crippen molar-refractivity contribution in [2.45, 2.75) is 6.18 Å². The first-order chi connectivity index (χ1) is 9.93. The van der Waals surface area contributed by atoms with Crippen molar-refractivity contribution in [2.75, 3.05) is 11.1 Å². The van der Waals surface area contributed by atoms with Gasteiger partial charge in [-0.2, -0.15) is 13.2 Å². The average molecular weight is 293 g/mol. The van der Waals surface area contributed by atoms with E-state index in [4.69, 9.17) is 10.3 Å². The molecule has 0 spiro atoms. The first kappa shape index (κ1) is 13.3. The van der Waals surface area contributed by atoms with Gasteiger partial charge in [0, 0.05) is 11.4 Å². The van der Waals surface area contributed by atoms with Crippen LogP contribution < -0.4 is 11.1 Å². The summed E-state index contributed by atoms with van der Waals surface area (Å²) in [5.74, 6) is 0.337. The quantitative estimate of drug-likeness (QED) is 0.696. The van der Waals surface area contributed by atoms with Gasteiger partial charge in [0.25, 0.3) is 0 Å². The molecule has 0 fully saturated rings. The fourth-order valence-electron chi connectivity index (χ4n) is 2.00. The second-order valence-electron chi connectivity index (χ2n) is 4.49. The van der Waals surface area contributed by atoms with Crippen LogP contribution in [0.3, 0.4) is 0 Å². The zero-order chi connectivity index (χ0) is 15.0. The summed E-state index contributed by atoms with van der Waals surface area (Å²) >= 11 is 0. The lowest BCUT2D eigenvalue weighted by molar-refractivity contribution is -0.137. The molecule has 0 amide bonds. The zero-order valence-electron chi connectivity index (χ0n) is 10.6. The Bertz CT molecular complexity index is 796. The van der Waals surface area contributed by atoms with Crippen LogP contribution in [0.4, 0.5) is 30.4 Å². The van der Waals surface area contributed by atoms with Crippen LogP contribution in [0.5, 0.6) is 0 Å². The number of hydrogen-bond acceptors (Lipinski definition) is 4. The number of nitrogen functional groups attached to an aromatic ring is 1. The minimum Gasteiger partial charge on any atom is -0.399 e. The van der Waals surface area contributed by atoms with Crippen LogP contribution in [0.2, 0.25) is 0 Å². The second-order valence-corrected chi connectivity index (χ2v) is 4.49. The van der Waals surface area contributed by atoms with Crippen LogP contribution in [0, 0.1) is 0 Å². The maximum atomic E-state index is 12.8. The molecule has 0 aliphatic heterocycles. The number of aromatic nitrogens is 1. The third-order valence-electron chi connectivity index (χ3n) is 2.92. The second kappa shape index (κ2) is 4.69. The lowest BCUT2D eigenvalue weighted by Gasteiger charge is -2.11. The van der Waals surface area contributed by atoms with E-state index < -0.39 is 11.7 Å².